The fourth-order valence-corrected chi connectivity index (χ4v) is 1.25. The van der Waals surface area contributed by atoms with Crippen LogP contribution >= 0.6 is 0 Å². The maximum absolute atomic E-state index is 5.36. The van der Waals surface area contributed by atoms with Crippen molar-refractivity contribution < 1.29 is 0 Å². The molecule has 0 radical (unpaired) electrons. The molecular formula is C10H22N2. The lowest BCUT2D eigenvalue weighted by Crippen LogP contribution is -2.25. The first-order valence-electron chi connectivity index (χ1n) is 4.92. The van der Waals surface area contributed by atoms with E-state index in [2.05, 4.69) is 24.8 Å². The van der Waals surface area contributed by atoms with Crippen LogP contribution in [0.25, 0.3) is 0 Å². The molecule has 0 atom stereocenters. The molecule has 0 aromatic heterocycles. The third kappa shape index (κ3) is 6.38. The van der Waals surface area contributed by atoms with Crippen LogP contribution in [-0.4, -0.2) is 31.1 Å². The highest BCUT2D eigenvalue weighted by Gasteiger charge is 1.97. The van der Waals surface area contributed by atoms with E-state index >= 15 is 0 Å². The Labute approximate surface area is 76.4 Å². The Bertz CT molecular complexity index is 104. The predicted octanol–water partition coefficient (Wildman–Crippen LogP) is 1.62. The summed E-state index contributed by atoms with van der Waals surface area (Å²) in [6.07, 6.45) is 6.65. The average Bonchev–Trinajstić information content (AvgIpc) is 2.06. The maximum atomic E-state index is 5.36. The molecule has 0 fully saturated rings. The van der Waals surface area contributed by atoms with Crippen LogP contribution in [0.2, 0.25) is 0 Å². The highest BCUT2D eigenvalue weighted by atomic mass is 15.1. The van der Waals surface area contributed by atoms with Crippen LogP contribution in [0.15, 0.2) is 12.2 Å². The van der Waals surface area contributed by atoms with E-state index in [9.17, 15) is 0 Å². The highest BCUT2D eigenvalue weighted by Crippen LogP contribution is 1.93. The molecule has 0 amide bonds. The summed E-state index contributed by atoms with van der Waals surface area (Å²) < 4.78 is 0. The third-order valence-corrected chi connectivity index (χ3v) is 1.75. The summed E-state index contributed by atoms with van der Waals surface area (Å²) in [6.45, 7) is 8.54. The van der Waals surface area contributed by atoms with Crippen molar-refractivity contribution in [3.63, 3.8) is 0 Å². The Hall–Kier alpha value is -0.340. The molecule has 0 unspecified atom stereocenters. The van der Waals surface area contributed by atoms with Crippen molar-refractivity contribution in [1.82, 2.24) is 4.90 Å². The van der Waals surface area contributed by atoms with E-state index in [4.69, 9.17) is 5.73 Å². The Morgan fingerprint density at radius 2 is 1.67 bits per heavy atom. The lowest BCUT2D eigenvalue weighted by atomic mass is 10.3. The second-order valence-corrected chi connectivity index (χ2v) is 3.01. The molecule has 0 aromatic rings. The van der Waals surface area contributed by atoms with Crippen LogP contribution in [0, 0.1) is 0 Å². The number of nitrogens with zero attached hydrogens (tertiary/aromatic N) is 1. The molecule has 2 heteroatoms. The molecule has 0 aliphatic carbocycles. The normalized spacial score (nSPS) is 11.7. The lowest BCUT2D eigenvalue weighted by molar-refractivity contribution is 0.303. The van der Waals surface area contributed by atoms with Gasteiger partial charge in [-0.05, 0) is 25.9 Å². The summed E-state index contributed by atoms with van der Waals surface area (Å²) in [5, 5.41) is 0. The predicted molar refractivity (Wildman–Crippen MR) is 55.2 cm³/mol. The molecule has 0 aromatic carbocycles. The molecule has 12 heavy (non-hydrogen) atoms. The zero-order valence-corrected chi connectivity index (χ0v) is 8.42. The minimum atomic E-state index is 0.659. The van der Waals surface area contributed by atoms with Crippen molar-refractivity contribution in [2.45, 2.75) is 26.7 Å². The van der Waals surface area contributed by atoms with Crippen LogP contribution < -0.4 is 5.73 Å². The van der Waals surface area contributed by atoms with Crippen LogP contribution in [-0.2, 0) is 0 Å². The van der Waals surface area contributed by atoms with Crippen LogP contribution in [0.4, 0.5) is 0 Å². The van der Waals surface area contributed by atoms with Crippen molar-refractivity contribution in [2.24, 2.45) is 5.73 Å². The molecule has 0 rings (SSSR count). The van der Waals surface area contributed by atoms with Gasteiger partial charge in [0.25, 0.3) is 0 Å². The number of rotatable bonds is 7. The van der Waals surface area contributed by atoms with Crippen molar-refractivity contribution in [3.05, 3.63) is 12.2 Å². The van der Waals surface area contributed by atoms with Crippen molar-refractivity contribution in [1.29, 1.82) is 0 Å². The maximum Gasteiger partial charge on any atom is 0.0163 e. The first kappa shape index (κ1) is 11.7. The quantitative estimate of drug-likeness (QED) is 0.588. The molecule has 72 valence electrons. The van der Waals surface area contributed by atoms with Gasteiger partial charge in [-0.15, -0.1) is 0 Å². The Kier molecular flexibility index (Phi) is 8.51. The molecule has 0 saturated heterocycles. The third-order valence-electron chi connectivity index (χ3n) is 1.75. The summed E-state index contributed by atoms with van der Waals surface area (Å²) in [5.74, 6) is 0. The topological polar surface area (TPSA) is 29.3 Å². The van der Waals surface area contributed by atoms with Gasteiger partial charge in [0.15, 0.2) is 0 Å². The van der Waals surface area contributed by atoms with Gasteiger partial charge in [0.2, 0.25) is 0 Å². The number of hydrogen-bond acceptors (Lipinski definition) is 2. The van der Waals surface area contributed by atoms with Crippen molar-refractivity contribution in [3.8, 4) is 0 Å². The second kappa shape index (κ2) is 8.75. The molecule has 0 spiro atoms. The summed E-state index contributed by atoms with van der Waals surface area (Å²) >= 11 is 0. The Morgan fingerprint density at radius 3 is 2.08 bits per heavy atom. The van der Waals surface area contributed by atoms with Gasteiger partial charge in [-0.3, -0.25) is 4.90 Å². The number of hydrogen-bond donors (Lipinski definition) is 1. The lowest BCUT2D eigenvalue weighted by Gasteiger charge is -2.18. The minimum Gasteiger partial charge on any atom is -0.327 e. The molecule has 0 aliphatic heterocycles. The molecular weight excluding hydrogens is 148 g/mol. The summed E-state index contributed by atoms with van der Waals surface area (Å²) in [4.78, 5) is 2.45. The van der Waals surface area contributed by atoms with Gasteiger partial charge in [0, 0.05) is 13.1 Å². The van der Waals surface area contributed by atoms with Gasteiger partial charge in [-0.2, -0.15) is 0 Å². The fraction of sp³-hybridized carbons (Fsp3) is 0.800. The molecule has 0 bridgehead atoms. The zero-order chi connectivity index (χ0) is 9.23. The second-order valence-electron chi connectivity index (χ2n) is 3.01. The van der Waals surface area contributed by atoms with E-state index in [1.165, 1.54) is 25.9 Å². The fourth-order valence-electron chi connectivity index (χ4n) is 1.25. The van der Waals surface area contributed by atoms with Gasteiger partial charge in [0.05, 0.1) is 0 Å². The van der Waals surface area contributed by atoms with Gasteiger partial charge < -0.3 is 5.73 Å². The van der Waals surface area contributed by atoms with Crippen molar-refractivity contribution >= 4 is 0 Å². The standard InChI is InChI=1S/C10H22N2/c1-3-8-12(9-4-2)10-6-5-7-11/h5-6H,3-4,7-11H2,1-2H3/b6-5+. The summed E-state index contributed by atoms with van der Waals surface area (Å²) in [7, 11) is 0. The molecule has 2 N–H and O–H groups in total. The average molecular weight is 170 g/mol. The first-order valence-corrected chi connectivity index (χ1v) is 4.92. The van der Waals surface area contributed by atoms with Crippen LogP contribution in [0.5, 0.6) is 0 Å². The van der Waals surface area contributed by atoms with Crippen LogP contribution in [0.1, 0.15) is 26.7 Å². The van der Waals surface area contributed by atoms with E-state index in [1.807, 2.05) is 6.08 Å². The smallest absolute Gasteiger partial charge is 0.0163 e. The van der Waals surface area contributed by atoms with E-state index in [1.54, 1.807) is 0 Å². The highest BCUT2D eigenvalue weighted by molar-refractivity contribution is 4.85. The Balaban J connectivity index is 3.54. The Morgan fingerprint density at radius 1 is 1.08 bits per heavy atom. The van der Waals surface area contributed by atoms with Crippen LogP contribution in [0.3, 0.4) is 0 Å². The monoisotopic (exact) mass is 170 g/mol. The van der Waals surface area contributed by atoms with E-state index < -0.39 is 0 Å². The van der Waals surface area contributed by atoms with Gasteiger partial charge in [-0.25, -0.2) is 0 Å². The molecule has 0 heterocycles. The van der Waals surface area contributed by atoms with E-state index in [0.717, 1.165) is 6.54 Å². The summed E-state index contributed by atoms with van der Waals surface area (Å²) in [5.41, 5.74) is 5.36. The SMILES string of the molecule is CCCN(C/C=C/CN)CCC. The molecule has 2 nitrogen and oxygen atoms in total. The first-order chi connectivity index (χ1) is 5.85. The van der Waals surface area contributed by atoms with Gasteiger partial charge >= 0.3 is 0 Å². The zero-order valence-electron chi connectivity index (χ0n) is 8.42. The molecule has 0 aliphatic rings. The van der Waals surface area contributed by atoms with E-state index in [0.29, 0.717) is 6.54 Å². The van der Waals surface area contributed by atoms with Gasteiger partial charge in [-0.1, -0.05) is 26.0 Å². The largest absolute Gasteiger partial charge is 0.327 e. The van der Waals surface area contributed by atoms with E-state index in [-0.39, 0.29) is 0 Å². The molecule has 0 saturated carbocycles. The van der Waals surface area contributed by atoms with Crippen molar-refractivity contribution in [2.75, 3.05) is 26.2 Å². The minimum absolute atomic E-state index is 0.659. The number of nitrogens with two attached hydrogens (primary N) is 1. The van der Waals surface area contributed by atoms with Gasteiger partial charge in [0.1, 0.15) is 0 Å². The summed E-state index contributed by atoms with van der Waals surface area (Å²) in [6, 6.07) is 0.